The van der Waals surface area contributed by atoms with E-state index in [9.17, 15) is 0 Å². The number of hydrogen-bond donors (Lipinski definition) is 1. The Balaban J connectivity index is 1.89. The molecule has 2 bridgehead atoms. The molecule has 19 heavy (non-hydrogen) atoms. The van der Waals surface area contributed by atoms with Gasteiger partial charge in [-0.3, -0.25) is 0 Å². The summed E-state index contributed by atoms with van der Waals surface area (Å²) in [7, 11) is 1.76. The van der Waals surface area contributed by atoms with Gasteiger partial charge in [-0.1, -0.05) is 26.0 Å². The molecule has 0 amide bonds. The summed E-state index contributed by atoms with van der Waals surface area (Å²) in [4.78, 5) is 0. The fourth-order valence-corrected chi connectivity index (χ4v) is 4.09. The highest BCUT2D eigenvalue weighted by atomic mass is 16.5. The summed E-state index contributed by atoms with van der Waals surface area (Å²) in [6.07, 6.45) is 2.64. The molecule has 1 aromatic carbocycles. The van der Waals surface area contributed by atoms with E-state index in [1.54, 1.807) is 7.11 Å². The van der Waals surface area contributed by atoms with Crippen LogP contribution < -0.4 is 10.1 Å². The molecule has 1 aliphatic heterocycles. The maximum Gasteiger partial charge on any atom is 0.119 e. The fourth-order valence-electron chi connectivity index (χ4n) is 4.09. The first kappa shape index (κ1) is 13.0. The minimum absolute atomic E-state index is 0.707. The van der Waals surface area contributed by atoms with Gasteiger partial charge in [0.2, 0.25) is 0 Å². The number of rotatable bonds is 2. The first-order chi connectivity index (χ1) is 9.19. The Kier molecular flexibility index (Phi) is 3.53. The number of methoxy groups -OCH3 is 1. The summed E-state index contributed by atoms with van der Waals surface area (Å²) in [6, 6.07) is 9.45. The Bertz CT molecular complexity index is 445. The van der Waals surface area contributed by atoms with Crippen molar-refractivity contribution >= 4 is 0 Å². The highest BCUT2D eigenvalue weighted by Gasteiger charge is 2.41. The van der Waals surface area contributed by atoms with Gasteiger partial charge in [-0.15, -0.1) is 0 Å². The first-order valence-electron chi connectivity index (χ1n) is 7.56. The lowest BCUT2D eigenvalue weighted by atomic mass is 9.63. The number of benzene rings is 1. The second kappa shape index (κ2) is 5.16. The Morgan fingerprint density at radius 2 is 2.00 bits per heavy atom. The molecule has 2 heteroatoms. The van der Waals surface area contributed by atoms with Gasteiger partial charge in [0.05, 0.1) is 7.11 Å². The van der Waals surface area contributed by atoms with Crippen LogP contribution in [0.5, 0.6) is 5.75 Å². The van der Waals surface area contributed by atoms with Crippen molar-refractivity contribution in [2.24, 2.45) is 17.8 Å². The minimum Gasteiger partial charge on any atom is -0.497 e. The van der Waals surface area contributed by atoms with Crippen LogP contribution in [0.2, 0.25) is 0 Å². The van der Waals surface area contributed by atoms with E-state index in [0.29, 0.717) is 5.92 Å². The van der Waals surface area contributed by atoms with Gasteiger partial charge in [-0.25, -0.2) is 0 Å². The third kappa shape index (κ3) is 2.38. The molecule has 5 atom stereocenters. The van der Waals surface area contributed by atoms with E-state index in [4.69, 9.17) is 4.74 Å². The van der Waals surface area contributed by atoms with Gasteiger partial charge in [0.25, 0.3) is 0 Å². The largest absolute Gasteiger partial charge is 0.497 e. The van der Waals surface area contributed by atoms with Crippen molar-refractivity contribution in [2.45, 2.75) is 38.6 Å². The van der Waals surface area contributed by atoms with Crippen LogP contribution in [-0.2, 0) is 0 Å². The molecule has 1 saturated carbocycles. The maximum atomic E-state index is 5.39. The molecule has 1 aliphatic carbocycles. The predicted octanol–water partition coefficient (Wildman–Crippen LogP) is 3.43. The van der Waals surface area contributed by atoms with E-state index in [-0.39, 0.29) is 0 Å². The average molecular weight is 259 g/mol. The van der Waals surface area contributed by atoms with E-state index in [1.807, 2.05) is 6.07 Å². The Labute approximate surface area is 116 Å². The molecule has 5 unspecified atom stereocenters. The summed E-state index contributed by atoms with van der Waals surface area (Å²) in [6.45, 7) is 5.98. The molecular weight excluding hydrogens is 234 g/mol. The molecule has 3 rings (SSSR count). The van der Waals surface area contributed by atoms with Gasteiger partial charge in [-0.05, 0) is 60.8 Å². The van der Waals surface area contributed by atoms with Crippen molar-refractivity contribution in [2.75, 3.05) is 13.7 Å². The smallest absolute Gasteiger partial charge is 0.119 e. The van der Waals surface area contributed by atoms with E-state index in [1.165, 1.54) is 24.9 Å². The number of hydrogen-bond acceptors (Lipinski definition) is 2. The monoisotopic (exact) mass is 259 g/mol. The second-order valence-corrected chi connectivity index (χ2v) is 6.49. The predicted molar refractivity (Wildman–Crippen MR) is 78.6 cm³/mol. The number of ether oxygens (including phenoxy) is 1. The van der Waals surface area contributed by atoms with Crippen LogP contribution in [0.15, 0.2) is 24.3 Å². The van der Waals surface area contributed by atoms with Crippen molar-refractivity contribution < 1.29 is 4.74 Å². The summed E-state index contributed by atoms with van der Waals surface area (Å²) < 4.78 is 5.39. The quantitative estimate of drug-likeness (QED) is 0.878. The van der Waals surface area contributed by atoms with Crippen LogP contribution in [0, 0.1) is 17.8 Å². The van der Waals surface area contributed by atoms with Gasteiger partial charge < -0.3 is 10.1 Å². The summed E-state index contributed by atoms with van der Waals surface area (Å²) >= 11 is 0. The van der Waals surface area contributed by atoms with E-state index in [2.05, 4.69) is 37.4 Å². The lowest BCUT2D eigenvalue weighted by Gasteiger charge is -2.48. The minimum atomic E-state index is 0.707. The Hall–Kier alpha value is -1.02. The zero-order valence-corrected chi connectivity index (χ0v) is 12.2. The van der Waals surface area contributed by atoms with Crippen molar-refractivity contribution in [1.29, 1.82) is 0 Å². The van der Waals surface area contributed by atoms with Crippen LogP contribution in [-0.4, -0.2) is 19.7 Å². The molecule has 2 aliphatic rings. The molecular formula is C17H25NO. The molecule has 0 radical (unpaired) electrons. The topological polar surface area (TPSA) is 21.3 Å². The Morgan fingerprint density at radius 3 is 2.79 bits per heavy atom. The third-order valence-corrected chi connectivity index (χ3v) is 5.31. The molecule has 2 fully saturated rings. The summed E-state index contributed by atoms with van der Waals surface area (Å²) in [5.41, 5.74) is 1.48. The third-order valence-electron chi connectivity index (χ3n) is 5.31. The van der Waals surface area contributed by atoms with Crippen molar-refractivity contribution in [3.63, 3.8) is 0 Å². The number of fused-ring (bicyclic) bond motifs is 2. The normalized spacial score (nSPS) is 37.9. The molecule has 0 aromatic heterocycles. The molecule has 1 heterocycles. The zero-order chi connectivity index (χ0) is 13.4. The second-order valence-electron chi connectivity index (χ2n) is 6.49. The highest BCUT2D eigenvalue weighted by molar-refractivity contribution is 5.32. The van der Waals surface area contributed by atoms with Gasteiger partial charge in [-0.2, -0.15) is 0 Å². The van der Waals surface area contributed by atoms with Crippen LogP contribution in [0.25, 0.3) is 0 Å². The van der Waals surface area contributed by atoms with Gasteiger partial charge in [0.15, 0.2) is 0 Å². The lowest BCUT2D eigenvalue weighted by Crippen LogP contribution is -2.51. The first-order valence-corrected chi connectivity index (χ1v) is 7.56. The van der Waals surface area contributed by atoms with E-state index >= 15 is 0 Å². The fraction of sp³-hybridized carbons (Fsp3) is 0.647. The summed E-state index contributed by atoms with van der Waals surface area (Å²) in [5.74, 6) is 4.08. The van der Waals surface area contributed by atoms with Crippen LogP contribution in [0.4, 0.5) is 0 Å². The molecule has 1 N–H and O–H groups in total. The number of nitrogens with one attached hydrogen (secondary N) is 1. The van der Waals surface area contributed by atoms with Gasteiger partial charge in [0.1, 0.15) is 5.75 Å². The lowest BCUT2D eigenvalue weighted by molar-refractivity contribution is 0.0987. The van der Waals surface area contributed by atoms with E-state index in [0.717, 1.165) is 29.5 Å². The standard InChI is InChI=1S/C17H25NO/c1-11-7-16(13-5-4-6-14(8-13)19-3)15-9-17(11)18-10-12(15)2/h4-6,8,11-12,15-18H,7,9-10H2,1-3H3. The van der Waals surface area contributed by atoms with E-state index < -0.39 is 0 Å². The maximum absolute atomic E-state index is 5.39. The van der Waals surface area contributed by atoms with Gasteiger partial charge >= 0.3 is 0 Å². The van der Waals surface area contributed by atoms with Crippen LogP contribution >= 0.6 is 0 Å². The van der Waals surface area contributed by atoms with Crippen molar-refractivity contribution in [3.05, 3.63) is 29.8 Å². The Morgan fingerprint density at radius 1 is 1.16 bits per heavy atom. The highest BCUT2D eigenvalue weighted by Crippen LogP contribution is 2.46. The molecule has 0 spiro atoms. The van der Waals surface area contributed by atoms with Crippen molar-refractivity contribution in [1.82, 2.24) is 5.32 Å². The molecule has 2 nitrogen and oxygen atoms in total. The van der Waals surface area contributed by atoms with Crippen molar-refractivity contribution in [3.8, 4) is 5.75 Å². The van der Waals surface area contributed by atoms with Gasteiger partial charge in [0, 0.05) is 6.04 Å². The summed E-state index contributed by atoms with van der Waals surface area (Å²) in [5, 5.41) is 3.72. The van der Waals surface area contributed by atoms with Crippen LogP contribution in [0.3, 0.4) is 0 Å². The average Bonchev–Trinajstić information content (AvgIpc) is 2.45. The number of piperidine rings is 1. The zero-order valence-electron chi connectivity index (χ0n) is 12.2. The molecule has 1 aromatic rings. The SMILES string of the molecule is COc1cccc(C2CC(C)C3CC2C(C)CN3)c1. The van der Waals surface area contributed by atoms with Crippen LogP contribution in [0.1, 0.15) is 38.2 Å². The molecule has 104 valence electrons. The molecule has 1 saturated heterocycles.